The van der Waals surface area contributed by atoms with E-state index in [0.29, 0.717) is 17.1 Å². The second-order valence-electron chi connectivity index (χ2n) is 7.73. The zero-order chi connectivity index (χ0) is 26.1. The summed E-state index contributed by atoms with van der Waals surface area (Å²) in [5, 5.41) is 8.90. The van der Waals surface area contributed by atoms with Crippen LogP contribution >= 0.6 is 0 Å². The summed E-state index contributed by atoms with van der Waals surface area (Å²) in [6.45, 7) is 3.62. The number of carbonyl (C=O) groups excluding carboxylic acids is 3. The first-order valence-corrected chi connectivity index (χ1v) is 10.8. The van der Waals surface area contributed by atoms with Gasteiger partial charge in [0.15, 0.2) is 18.1 Å². The molecule has 0 aliphatic heterocycles. The fourth-order valence-electron chi connectivity index (χ4n) is 3.02. The van der Waals surface area contributed by atoms with Gasteiger partial charge in [-0.05, 0) is 79.1 Å². The molecule has 0 atom stereocenters. The molecule has 0 saturated heterocycles. The zero-order valence-electron chi connectivity index (χ0n) is 19.9. The number of methoxy groups -OCH3 is 1. The number of amides is 3. The standard InChI is InChI=1S/C26H25FN4O5/c1-16-4-5-17(2)21(12-16)30-24(32)15-36-22-11-6-18(13-23(22)35-3)14-28-31-26(34)25(33)29-20-9-7-19(27)8-10-20/h4-14H,15H2,1-3H3,(H,29,33)(H,30,32)(H,31,34)/b28-14-. The third-order valence-corrected chi connectivity index (χ3v) is 4.90. The lowest BCUT2D eigenvalue weighted by atomic mass is 10.1. The molecule has 3 rings (SSSR count). The van der Waals surface area contributed by atoms with Crippen LogP contribution < -0.4 is 25.5 Å². The Hall–Kier alpha value is -4.73. The third-order valence-electron chi connectivity index (χ3n) is 4.90. The monoisotopic (exact) mass is 492 g/mol. The van der Waals surface area contributed by atoms with E-state index in [4.69, 9.17) is 9.47 Å². The van der Waals surface area contributed by atoms with Crippen molar-refractivity contribution in [2.75, 3.05) is 24.4 Å². The van der Waals surface area contributed by atoms with Crippen molar-refractivity contribution in [3.05, 3.63) is 83.2 Å². The van der Waals surface area contributed by atoms with Crippen molar-refractivity contribution in [3.8, 4) is 11.5 Å². The largest absolute Gasteiger partial charge is 0.493 e. The Kier molecular flexibility index (Phi) is 8.71. The van der Waals surface area contributed by atoms with E-state index in [1.165, 1.54) is 25.5 Å². The van der Waals surface area contributed by atoms with Gasteiger partial charge in [0.25, 0.3) is 5.91 Å². The van der Waals surface area contributed by atoms with Crippen LogP contribution in [-0.4, -0.2) is 37.7 Å². The van der Waals surface area contributed by atoms with Gasteiger partial charge in [-0.3, -0.25) is 14.4 Å². The van der Waals surface area contributed by atoms with Gasteiger partial charge in [0, 0.05) is 11.4 Å². The molecule has 0 aliphatic rings. The first kappa shape index (κ1) is 25.9. The number of hydrogen-bond acceptors (Lipinski definition) is 6. The molecule has 9 nitrogen and oxygen atoms in total. The van der Waals surface area contributed by atoms with E-state index in [2.05, 4.69) is 21.2 Å². The maximum absolute atomic E-state index is 12.9. The van der Waals surface area contributed by atoms with E-state index in [9.17, 15) is 18.8 Å². The Balaban J connectivity index is 1.53. The molecule has 3 amide bonds. The number of nitrogens with zero attached hydrogens (tertiary/aromatic N) is 1. The Morgan fingerprint density at radius 3 is 2.39 bits per heavy atom. The lowest BCUT2D eigenvalue weighted by Crippen LogP contribution is -2.32. The highest BCUT2D eigenvalue weighted by molar-refractivity contribution is 6.39. The number of carbonyl (C=O) groups is 3. The van der Waals surface area contributed by atoms with Gasteiger partial charge in [0.2, 0.25) is 0 Å². The van der Waals surface area contributed by atoms with Gasteiger partial charge in [-0.15, -0.1) is 0 Å². The van der Waals surface area contributed by atoms with E-state index in [0.717, 1.165) is 28.9 Å². The van der Waals surface area contributed by atoms with Gasteiger partial charge in [0.05, 0.1) is 13.3 Å². The third kappa shape index (κ3) is 7.39. The number of halogens is 1. The van der Waals surface area contributed by atoms with Crippen molar-refractivity contribution in [3.63, 3.8) is 0 Å². The predicted molar refractivity (Wildman–Crippen MR) is 134 cm³/mol. The van der Waals surface area contributed by atoms with Crippen molar-refractivity contribution >= 4 is 35.3 Å². The van der Waals surface area contributed by atoms with E-state index < -0.39 is 17.6 Å². The van der Waals surface area contributed by atoms with Gasteiger partial charge in [-0.1, -0.05) is 12.1 Å². The lowest BCUT2D eigenvalue weighted by molar-refractivity contribution is -0.136. The number of ether oxygens (including phenoxy) is 2. The summed E-state index contributed by atoms with van der Waals surface area (Å²) in [6.07, 6.45) is 1.31. The normalized spacial score (nSPS) is 10.6. The quantitative estimate of drug-likeness (QED) is 0.253. The number of benzene rings is 3. The van der Waals surface area contributed by atoms with Gasteiger partial charge >= 0.3 is 11.8 Å². The van der Waals surface area contributed by atoms with Crippen LogP contribution in [0.15, 0.2) is 65.8 Å². The molecule has 186 valence electrons. The molecule has 0 fully saturated rings. The van der Waals surface area contributed by atoms with Crippen molar-refractivity contribution in [1.29, 1.82) is 0 Å². The van der Waals surface area contributed by atoms with Crippen LogP contribution in [0.1, 0.15) is 16.7 Å². The first-order chi connectivity index (χ1) is 17.2. The fourth-order valence-corrected chi connectivity index (χ4v) is 3.02. The van der Waals surface area contributed by atoms with Crippen LogP contribution in [0.5, 0.6) is 11.5 Å². The molecular weight excluding hydrogens is 467 g/mol. The number of anilines is 2. The molecule has 0 aliphatic carbocycles. The minimum Gasteiger partial charge on any atom is -0.493 e. The van der Waals surface area contributed by atoms with E-state index >= 15 is 0 Å². The maximum Gasteiger partial charge on any atom is 0.329 e. The molecule has 3 N–H and O–H groups in total. The molecule has 0 bridgehead atoms. The number of hydrogen-bond donors (Lipinski definition) is 3. The second-order valence-corrected chi connectivity index (χ2v) is 7.73. The average molecular weight is 493 g/mol. The minimum atomic E-state index is -1.00. The van der Waals surface area contributed by atoms with Crippen molar-refractivity contribution < 1.29 is 28.2 Å². The summed E-state index contributed by atoms with van der Waals surface area (Å²) in [7, 11) is 1.45. The van der Waals surface area contributed by atoms with Gasteiger partial charge in [-0.2, -0.15) is 5.10 Å². The summed E-state index contributed by atoms with van der Waals surface area (Å²) in [5.74, 6) is -2.06. The molecule has 10 heteroatoms. The summed E-state index contributed by atoms with van der Waals surface area (Å²) in [5.41, 5.74) is 5.60. The van der Waals surface area contributed by atoms with Gasteiger partial charge in [-0.25, -0.2) is 9.82 Å². The SMILES string of the molecule is COc1cc(/C=N\NC(=O)C(=O)Nc2ccc(F)cc2)ccc1OCC(=O)Nc1cc(C)ccc1C. The summed E-state index contributed by atoms with van der Waals surface area (Å²) >= 11 is 0. The smallest absolute Gasteiger partial charge is 0.329 e. The van der Waals surface area contributed by atoms with Crippen molar-refractivity contribution in [2.45, 2.75) is 13.8 Å². The average Bonchev–Trinajstić information content (AvgIpc) is 2.86. The van der Waals surface area contributed by atoms with Crippen molar-refractivity contribution in [2.24, 2.45) is 5.10 Å². The van der Waals surface area contributed by atoms with E-state index in [1.54, 1.807) is 18.2 Å². The van der Waals surface area contributed by atoms with E-state index in [-0.39, 0.29) is 18.2 Å². The molecule has 0 aromatic heterocycles. The minimum absolute atomic E-state index is 0.226. The Morgan fingerprint density at radius 2 is 1.67 bits per heavy atom. The molecule has 0 radical (unpaired) electrons. The fraction of sp³-hybridized carbons (Fsp3) is 0.154. The molecule has 0 spiro atoms. The summed E-state index contributed by atoms with van der Waals surface area (Å²) < 4.78 is 23.8. The molecule has 3 aromatic rings. The first-order valence-electron chi connectivity index (χ1n) is 10.8. The maximum atomic E-state index is 12.9. The number of aryl methyl sites for hydroxylation is 2. The predicted octanol–water partition coefficient (Wildman–Crippen LogP) is 3.56. The molecule has 0 heterocycles. The molecule has 3 aromatic carbocycles. The zero-order valence-corrected chi connectivity index (χ0v) is 19.9. The Bertz CT molecular complexity index is 1290. The Labute approximate surface area is 207 Å². The Morgan fingerprint density at radius 1 is 0.917 bits per heavy atom. The summed E-state index contributed by atoms with van der Waals surface area (Å²) in [4.78, 5) is 36.1. The summed E-state index contributed by atoms with van der Waals surface area (Å²) in [6, 6.07) is 15.6. The van der Waals surface area contributed by atoms with Gasteiger partial charge in [0.1, 0.15) is 5.82 Å². The van der Waals surface area contributed by atoms with Crippen LogP contribution in [0, 0.1) is 19.7 Å². The number of rotatable bonds is 8. The molecule has 0 unspecified atom stereocenters. The highest BCUT2D eigenvalue weighted by Gasteiger charge is 2.13. The number of nitrogens with one attached hydrogen (secondary N) is 3. The van der Waals surface area contributed by atoms with Crippen LogP contribution in [0.25, 0.3) is 0 Å². The van der Waals surface area contributed by atoms with Crippen LogP contribution in [0.2, 0.25) is 0 Å². The lowest BCUT2D eigenvalue weighted by Gasteiger charge is -2.12. The molecule has 36 heavy (non-hydrogen) atoms. The topological polar surface area (TPSA) is 118 Å². The van der Waals surface area contributed by atoms with Gasteiger partial charge < -0.3 is 20.1 Å². The molecule has 0 saturated carbocycles. The number of hydrazone groups is 1. The van der Waals surface area contributed by atoms with Crippen molar-refractivity contribution in [1.82, 2.24) is 5.43 Å². The highest BCUT2D eigenvalue weighted by Crippen LogP contribution is 2.27. The second kappa shape index (κ2) is 12.1. The highest BCUT2D eigenvalue weighted by atomic mass is 19.1. The molecular formula is C26H25FN4O5. The van der Waals surface area contributed by atoms with E-state index in [1.807, 2.05) is 32.0 Å². The van der Waals surface area contributed by atoms with Crippen LogP contribution in [0.3, 0.4) is 0 Å². The van der Waals surface area contributed by atoms with Crippen LogP contribution in [0.4, 0.5) is 15.8 Å². The van der Waals surface area contributed by atoms with Crippen LogP contribution in [-0.2, 0) is 14.4 Å².